The van der Waals surface area contributed by atoms with Crippen LogP contribution in [-0.2, 0) is 0 Å². The van der Waals surface area contributed by atoms with Crippen molar-refractivity contribution in [1.82, 2.24) is 0 Å². The molecule has 0 N–H and O–H groups in total. The molecule has 13 heavy (non-hydrogen) atoms. The zero-order chi connectivity index (χ0) is 9.19. The average Bonchev–Trinajstić information content (AvgIpc) is 2.18. The molecule has 0 spiro atoms. The van der Waals surface area contributed by atoms with Gasteiger partial charge in [0.15, 0.2) is 0 Å². The van der Waals surface area contributed by atoms with Crippen molar-refractivity contribution in [3.63, 3.8) is 0 Å². The molecule has 70 valence electrons. The Morgan fingerprint density at radius 2 is 0.692 bits per heavy atom. The molecule has 0 bridgehead atoms. The molecular weight excluding hydrogens is 156 g/mol. The van der Waals surface area contributed by atoms with Crippen LogP contribution in [0.3, 0.4) is 0 Å². The Hall–Kier alpha value is -1.04. The summed E-state index contributed by atoms with van der Waals surface area (Å²) in [5, 5.41) is 0. The summed E-state index contributed by atoms with van der Waals surface area (Å²) in [6.07, 6.45) is 23.5. The summed E-state index contributed by atoms with van der Waals surface area (Å²) in [6, 6.07) is 0. The first-order valence-corrected chi connectivity index (χ1v) is 5.10. The summed E-state index contributed by atoms with van der Waals surface area (Å²) in [4.78, 5) is 0. The zero-order valence-electron chi connectivity index (χ0n) is 8.15. The van der Waals surface area contributed by atoms with Crippen molar-refractivity contribution in [1.29, 1.82) is 0 Å². The van der Waals surface area contributed by atoms with Crippen LogP contribution >= 0.6 is 0 Å². The molecule has 1 aliphatic rings. The van der Waals surface area contributed by atoms with Gasteiger partial charge < -0.3 is 0 Å². The van der Waals surface area contributed by atoms with E-state index in [0.29, 0.717) is 0 Å². The lowest BCUT2D eigenvalue weighted by Crippen LogP contribution is -1.65. The Bertz CT molecular complexity index is 192. The molecule has 1 aliphatic carbocycles. The normalized spacial score (nSPS) is 28.9. The number of allylic oxidation sites excluding steroid dienone is 8. The fourth-order valence-electron chi connectivity index (χ4n) is 1.24. The van der Waals surface area contributed by atoms with Crippen LogP contribution in [0, 0.1) is 0 Å². The predicted molar refractivity (Wildman–Crippen MR) is 59.6 cm³/mol. The molecule has 0 heterocycles. The van der Waals surface area contributed by atoms with E-state index in [2.05, 4.69) is 48.6 Å². The Labute approximate surface area is 81.4 Å². The van der Waals surface area contributed by atoms with E-state index in [-0.39, 0.29) is 0 Å². The van der Waals surface area contributed by atoms with Crippen LogP contribution in [0.2, 0.25) is 0 Å². The second-order valence-electron chi connectivity index (χ2n) is 3.17. The van der Waals surface area contributed by atoms with E-state index in [4.69, 9.17) is 0 Å². The third-order valence-corrected chi connectivity index (χ3v) is 1.98. The average molecular weight is 174 g/mol. The molecule has 0 saturated heterocycles. The maximum Gasteiger partial charge on any atom is -0.0169 e. The molecule has 0 atom stereocenters. The molecular formula is C13H18. The number of hydrogen-bond donors (Lipinski definition) is 0. The van der Waals surface area contributed by atoms with E-state index in [1.54, 1.807) is 0 Å². The van der Waals surface area contributed by atoms with Crippen molar-refractivity contribution in [2.75, 3.05) is 0 Å². The minimum absolute atomic E-state index is 1.07. The molecule has 0 aliphatic heterocycles. The third-order valence-electron chi connectivity index (χ3n) is 1.98. The van der Waals surface area contributed by atoms with Crippen LogP contribution in [0.1, 0.15) is 32.1 Å². The maximum atomic E-state index is 2.26. The fourth-order valence-corrected chi connectivity index (χ4v) is 1.24. The fraction of sp³-hybridized carbons (Fsp3) is 0.385. The first-order valence-electron chi connectivity index (χ1n) is 5.10. The van der Waals surface area contributed by atoms with Gasteiger partial charge in [0.2, 0.25) is 0 Å². The van der Waals surface area contributed by atoms with Gasteiger partial charge in [0.1, 0.15) is 0 Å². The van der Waals surface area contributed by atoms with Gasteiger partial charge >= 0.3 is 0 Å². The van der Waals surface area contributed by atoms with Crippen molar-refractivity contribution in [3.8, 4) is 0 Å². The van der Waals surface area contributed by atoms with Gasteiger partial charge in [-0.05, 0) is 32.1 Å². The molecule has 0 aromatic heterocycles. The van der Waals surface area contributed by atoms with Crippen LogP contribution in [0.25, 0.3) is 0 Å². The molecule has 0 aromatic rings. The van der Waals surface area contributed by atoms with Crippen molar-refractivity contribution in [2.45, 2.75) is 32.1 Å². The van der Waals surface area contributed by atoms with Crippen molar-refractivity contribution in [2.24, 2.45) is 0 Å². The minimum Gasteiger partial charge on any atom is -0.0879 e. The molecule has 0 fully saturated rings. The van der Waals surface area contributed by atoms with E-state index in [9.17, 15) is 0 Å². The molecule has 0 heteroatoms. The van der Waals surface area contributed by atoms with Crippen LogP contribution in [-0.4, -0.2) is 0 Å². The molecule has 1 rings (SSSR count). The summed E-state index contributed by atoms with van der Waals surface area (Å²) < 4.78 is 0. The SMILES string of the molecule is C1=C\CC/C=C/C/C=C/C/C=C/C/1. The van der Waals surface area contributed by atoms with Crippen molar-refractivity contribution in [3.05, 3.63) is 48.6 Å². The largest absolute Gasteiger partial charge is 0.0879 e. The first-order chi connectivity index (χ1) is 6.50. The molecule has 0 unspecified atom stereocenters. The summed E-state index contributed by atoms with van der Waals surface area (Å²) >= 11 is 0. The van der Waals surface area contributed by atoms with Gasteiger partial charge in [-0.3, -0.25) is 0 Å². The van der Waals surface area contributed by atoms with Crippen LogP contribution in [0.15, 0.2) is 48.6 Å². The Balaban J connectivity index is 2.38. The van der Waals surface area contributed by atoms with E-state index in [1.807, 2.05) is 0 Å². The van der Waals surface area contributed by atoms with E-state index in [1.165, 1.54) is 12.8 Å². The van der Waals surface area contributed by atoms with Gasteiger partial charge in [-0.25, -0.2) is 0 Å². The Morgan fingerprint density at radius 1 is 0.385 bits per heavy atom. The van der Waals surface area contributed by atoms with E-state index >= 15 is 0 Å². The summed E-state index contributed by atoms with van der Waals surface area (Å²) in [5.41, 5.74) is 0. The maximum absolute atomic E-state index is 2.26. The van der Waals surface area contributed by atoms with E-state index < -0.39 is 0 Å². The van der Waals surface area contributed by atoms with Gasteiger partial charge in [-0.2, -0.15) is 0 Å². The highest BCUT2D eigenvalue weighted by molar-refractivity contribution is 5.00. The van der Waals surface area contributed by atoms with Crippen LogP contribution in [0.4, 0.5) is 0 Å². The van der Waals surface area contributed by atoms with Gasteiger partial charge in [-0.15, -0.1) is 0 Å². The Morgan fingerprint density at radius 3 is 1.08 bits per heavy atom. The highest BCUT2D eigenvalue weighted by Gasteiger charge is 1.78. The second-order valence-corrected chi connectivity index (χ2v) is 3.17. The van der Waals surface area contributed by atoms with Gasteiger partial charge in [0.25, 0.3) is 0 Å². The van der Waals surface area contributed by atoms with Gasteiger partial charge in [-0.1, -0.05) is 48.6 Å². The predicted octanol–water partition coefficient (Wildman–Crippen LogP) is 4.18. The monoisotopic (exact) mass is 174 g/mol. The topological polar surface area (TPSA) is 0 Å². The standard InChI is InChI=1S/C13H18/c1-2-4-6-8-10-12-13-11-9-7-5-3-1/h1-2,5-8,11,13H,3-4,9-10,12H2/b2-1+,7-5+,8-6-,13-11+. The zero-order valence-corrected chi connectivity index (χ0v) is 8.15. The lowest BCUT2D eigenvalue weighted by atomic mass is 10.2. The molecule has 0 radical (unpaired) electrons. The summed E-state index contributed by atoms with van der Waals surface area (Å²) in [7, 11) is 0. The van der Waals surface area contributed by atoms with Crippen molar-refractivity contribution < 1.29 is 0 Å². The molecule has 0 nitrogen and oxygen atoms in total. The Kier molecular flexibility index (Phi) is 5.87. The highest BCUT2D eigenvalue weighted by Crippen LogP contribution is 1.99. The van der Waals surface area contributed by atoms with Gasteiger partial charge in [0, 0.05) is 0 Å². The van der Waals surface area contributed by atoms with Gasteiger partial charge in [0.05, 0.1) is 0 Å². The summed E-state index contributed by atoms with van der Waals surface area (Å²) in [6.45, 7) is 0. The quantitative estimate of drug-likeness (QED) is 0.483. The molecule has 0 amide bonds. The van der Waals surface area contributed by atoms with E-state index in [0.717, 1.165) is 19.3 Å². The summed E-state index contributed by atoms with van der Waals surface area (Å²) in [5.74, 6) is 0. The van der Waals surface area contributed by atoms with Crippen LogP contribution in [0.5, 0.6) is 0 Å². The first kappa shape index (κ1) is 10.0. The minimum atomic E-state index is 1.07. The lowest BCUT2D eigenvalue weighted by molar-refractivity contribution is 1.04. The van der Waals surface area contributed by atoms with Crippen LogP contribution < -0.4 is 0 Å². The smallest absolute Gasteiger partial charge is 0.0169 e. The number of hydrogen-bond acceptors (Lipinski definition) is 0. The molecule has 0 aromatic carbocycles. The highest BCUT2D eigenvalue weighted by atomic mass is 13.9. The third kappa shape index (κ3) is 6.15. The van der Waals surface area contributed by atoms with Crippen molar-refractivity contribution >= 4 is 0 Å². The number of rotatable bonds is 0. The lowest BCUT2D eigenvalue weighted by Gasteiger charge is -1.85. The second kappa shape index (κ2) is 7.60. The molecule has 0 saturated carbocycles.